The molecule has 0 atom stereocenters. The van der Waals surface area contributed by atoms with Crippen LogP contribution in [0.1, 0.15) is 0 Å². The Morgan fingerprint density at radius 3 is 2.58 bits per heavy atom. The molecule has 4 nitrogen and oxygen atoms in total. The lowest BCUT2D eigenvalue weighted by Crippen LogP contribution is -2.00. The Morgan fingerprint density at radius 2 is 1.85 bits per heavy atom. The fraction of sp³-hybridized carbons (Fsp3) is 0.0526. The lowest BCUT2D eigenvalue weighted by Gasteiger charge is -2.10. The van der Waals surface area contributed by atoms with Crippen LogP contribution in [0.15, 0.2) is 55.1 Å². The molecule has 4 aromatic rings. The number of pyridine rings is 1. The first-order valence-corrected chi connectivity index (χ1v) is 7.69. The molecule has 0 N–H and O–H groups in total. The summed E-state index contributed by atoms with van der Waals surface area (Å²) in [4.78, 5) is 8.32. The maximum Gasteiger partial charge on any atom is 0.204 e. The van der Waals surface area contributed by atoms with E-state index < -0.39 is 23.2 Å². The monoisotopic (exact) mass is 355 g/mol. The van der Waals surface area contributed by atoms with Gasteiger partial charge in [-0.25, -0.2) is 18.7 Å². The van der Waals surface area contributed by atoms with E-state index in [0.29, 0.717) is 5.52 Å². The Labute approximate surface area is 146 Å². The number of benzene rings is 2. The number of halogens is 3. The minimum Gasteiger partial charge on any atom is -0.491 e. The van der Waals surface area contributed by atoms with Crippen molar-refractivity contribution in [2.24, 2.45) is 0 Å². The number of aromatic nitrogens is 3. The van der Waals surface area contributed by atoms with Gasteiger partial charge in [-0.3, -0.25) is 0 Å². The smallest absolute Gasteiger partial charge is 0.204 e. The number of ether oxygens (including phenoxy) is 1. The quantitative estimate of drug-likeness (QED) is 0.508. The summed E-state index contributed by atoms with van der Waals surface area (Å²) in [5.41, 5.74) is 1.33. The van der Waals surface area contributed by atoms with Crippen molar-refractivity contribution in [2.75, 3.05) is 7.11 Å². The number of hydrogen-bond donors (Lipinski definition) is 0. The summed E-state index contributed by atoms with van der Waals surface area (Å²) < 4.78 is 48.6. The molecule has 0 bridgehead atoms. The second-order valence-electron chi connectivity index (χ2n) is 5.61. The Kier molecular flexibility index (Phi) is 3.84. The molecule has 0 radical (unpaired) electrons. The molecule has 130 valence electrons. The first kappa shape index (κ1) is 16.1. The Morgan fingerprint density at radius 1 is 1.00 bits per heavy atom. The molecule has 0 aliphatic rings. The van der Waals surface area contributed by atoms with Crippen LogP contribution in [0, 0.1) is 17.5 Å². The van der Waals surface area contributed by atoms with Gasteiger partial charge in [0.15, 0.2) is 17.4 Å². The number of imidazole rings is 1. The molecule has 0 aliphatic heterocycles. The van der Waals surface area contributed by atoms with E-state index in [0.717, 1.165) is 24.2 Å². The number of hydrogen-bond acceptors (Lipinski definition) is 3. The summed E-state index contributed by atoms with van der Waals surface area (Å²) in [7, 11) is 1.08. The molecule has 0 saturated carbocycles. The molecule has 4 rings (SSSR count). The molecule has 2 heterocycles. The Balaban J connectivity index is 1.83. The molecule has 0 spiro atoms. The Hall–Kier alpha value is -3.35. The fourth-order valence-electron chi connectivity index (χ4n) is 2.79. The van der Waals surface area contributed by atoms with E-state index in [1.165, 1.54) is 6.07 Å². The SMILES string of the molecule is COc1c(F)cc(-c2ccc3cc(-n4ccnc4)ccc3n2)c(F)c1F. The zero-order valence-corrected chi connectivity index (χ0v) is 13.6. The van der Waals surface area contributed by atoms with Gasteiger partial charge in [-0.1, -0.05) is 6.07 Å². The molecule has 2 aromatic carbocycles. The van der Waals surface area contributed by atoms with Gasteiger partial charge < -0.3 is 9.30 Å². The molecule has 0 saturated heterocycles. The van der Waals surface area contributed by atoms with Gasteiger partial charge in [-0.2, -0.15) is 4.39 Å². The third-order valence-electron chi connectivity index (χ3n) is 4.07. The number of methoxy groups -OCH3 is 1. The average molecular weight is 355 g/mol. The molecule has 0 aliphatic carbocycles. The number of nitrogens with zero attached hydrogens (tertiary/aromatic N) is 3. The molecule has 0 amide bonds. The van der Waals surface area contributed by atoms with Crippen molar-refractivity contribution < 1.29 is 17.9 Å². The molecule has 7 heteroatoms. The third kappa shape index (κ3) is 2.57. The molecule has 0 unspecified atom stereocenters. The summed E-state index contributed by atoms with van der Waals surface area (Å²) in [6.07, 6.45) is 5.14. The van der Waals surface area contributed by atoms with Crippen molar-refractivity contribution in [3.63, 3.8) is 0 Å². The summed E-state index contributed by atoms with van der Waals surface area (Å²) >= 11 is 0. The van der Waals surface area contributed by atoms with Crippen molar-refractivity contribution in [1.82, 2.24) is 14.5 Å². The fourth-order valence-corrected chi connectivity index (χ4v) is 2.79. The predicted octanol–water partition coefficient (Wildman–Crippen LogP) is 4.51. The molecule has 2 aromatic heterocycles. The van der Waals surface area contributed by atoms with Gasteiger partial charge in [-0.15, -0.1) is 0 Å². The number of rotatable bonds is 3. The highest BCUT2D eigenvalue weighted by Crippen LogP contribution is 2.32. The predicted molar refractivity (Wildman–Crippen MR) is 90.7 cm³/mol. The molecular weight excluding hydrogens is 343 g/mol. The minimum absolute atomic E-state index is 0.130. The highest BCUT2D eigenvalue weighted by Gasteiger charge is 2.21. The molecule has 0 fully saturated rings. The van der Waals surface area contributed by atoms with Crippen LogP contribution in [-0.4, -0.2) is 21.6 Å². The van der Waals surface area contributed by atoms with Crippen LogP contribution in [0.3, 0.4) is 0 Å². The van der Waals surface area contributed by atoms with Crippen LogP contribution in [0.25, 0.3) is 27.8 Å². The second kappa shape index (κ2) is 6.18. The van der Waals surface area contributed by atoms with Crippen molar-refractivity contribution in [3.05, 3.63) is 72.6 Å². The minimum atomic E-state index is -1.38. The van der Waals surface area contributed by atoms with E-state index >= 15 is 0 Å². The van der Waals surface area contributed by atoms with Gasteiger partial charge in [0.25, 0.3) is 0 Å². The Bertz CT molecular complexity index is 1110. The third-order valence-corrected chi connectivity index (χ3v) is 4.07. The van der Waals surface area contributed by atoms with E-state index in [2.05, 4.69) is 14.7 Å². The van der Waals surface area contributed by atoms with Gasteiger partial charge in [0.1, 0.15) is 0 Å². The van der Waals surface area contributed by atoms with E-state index in [1.54, 1.807) is 30.9 Å². The maximum absolute atomic E-state index is 14.3. The highest BCUT2D eigenvalue weighted by atomic mass is 19.2. The van der Waals surface area contributed by atoms with E-state index in [9.17, 15) is 13.2 Å². The van der Waals surface area contributed by atoms with E-state index in [-0.39, 0.29) is 11.3 Å². The standard InChI is InChI=1S/C19H12F3N3O/c1-26-19-14(20)9-13(17(21)18(19)22)16-4-2-11-8-12(3-5-15(11)24-16)25-7-6-23-10-25/h2-10H,1H3. The molecular formula is C19H12F3N3O. The first-order chi connectivity index (χ1) is 12.6. The average Bonchev–Trinajstić information content (AvgIpc) is 3.19. The summed E-state index contributed by atoms with van der Waals surface area (Å²) in [5.74, 6) is -4.32. The van der Waals surface area contributed by atoms with E-state index in [1.807, 2.05) is 16.7 Å². The van der Waals surface area contributed by atoms with Gasteiger partial charge in [0.2, 0.25) is 5.82 Å². The van der Waals surface area contributed by atoms with Gasteiger partial charge >= 0.3 is 0 Å². The summed E-state index contributed by atoms with van der Waals surface area (Å²) in [5, 5.41) is 0.801. The van der Waals surface area contributed by atoms with Gasteiger partial charge in [0, 0.05) is 29.0 Å². The molecule has 26 heavy (non-hydrogen) atoms. The van der Waals surface area contributed by atoms with Crippen molar-refractivity contribution >= 4 is 10.9 Å². The van der Waals surface area contributed by atoms with Crippen molar-refractivity contribution in [1.29, 1.82) is 0 Å². The summed E-state index contributed by atoms with van der Waals surface area (Å²) in [6.45, 7) is 0. The lowest BCUT2D eigenvalue weighted by atomic mass is 10.1. The van der Waals surface area contributed by atoms with E-state index in [4.69, 9.17) is 0 Å². The number of fused-ring (bicyclic) bond motifs is 1. The van der Waals surface area contributed by atoms with Gasteiger partial charge in [0.05, 0.1) is 24.6 Å². The van der Waals surface area contributed by atoms with Crippen molar-refractivity contribution in [3.8, 4) is 22.7 Å². The van der Waals surface area contributed by atoms with Crippen LogP contribution in [0.5, 0.6) is 5.75 Å². The highest BCUT2D eigenvalue weighted by molar-refractivity contribution is 5.83. The van der Waals surface area contributed by atoms with Crippen LogP contribution in [0.2, 0.25) is 0 Å². The zero-order valence-electron chi connectivity index (χ0n) is 13.6. The van der Waals surface area contributed by atoms with Crippen LogP contribution in [0.4, 0.5) is 13.2 Å². The van der Waals surface area contributed by atoms with Crippen molar-refractivity contribution in [2.45, 2.75) is 0 Å². The lowest BCUT2D eigenvalue weighted by molar-refractivity contribution is 0.347. The first-order valence-electron chi connectivity index (χ1n) is 7.69. The maximum atomic E-state index is 14.3. The van der Waals surface area contributed by atoms with Gasteiger partial charge in [-0.05, 0) is 30.3 Å². The van der Waals surface area contributed by atoms with Crippen LogP contribution < -0.4 is 4.74 Å². The zero-order chi connectivity index (χ0) is 18.3. The second-order valence-corrected chi connectivity index (χ2v) is 5.61. The largest absolute Gasteiger partial charge is 0.491 e. The summed E-state index contributed by atoms with van der Waals surface area (Å²) in [6, 6.07) is 9.58. The topological polar surface area (TPSA) is 39.9 Å². The normalized spacial score (nSPS) is 11.1. The van der Waals surface area contributed by atoms with Crippen LogP contribution >= 0.6 is 0 Å². The van der Waals surface area contributed by atoms with Crippen LogP contribution in [-0.2, 0) is 0 Å².